The average Bonchev–Trinajstić information content (AvgIpc) is 2.47. The Morgan fingerprint density at radius 3 is 2.85 bits per heavy atom. The molecule has 0 bridgehead atoms. The molecule has 0 aliphatic carbocycles. The normalized spacial score (nSPS) is 10.7. The molecule has 4 heteroatoms. The number of halogens is 1. The SMILES string of the molecule is CN(C)c1ccc2n[nH]c(Cl)c2c1. The third-order valence-corrected chi connectivity index (χ3v) is 2.30. The van der Waals surface area contributed by atoms with Crippen molar-refractivity contribution in [2.45, 2.75) is 0 Å². The molecule has 0 aliphatic heterocycles. The summed E-state index contributed by atoms with van der Waals surface area (Å²) in [5, 5.41) is 8.34. The first-order chi connectivity index (χ1) is 6.18. The van der Waals surface area contributed by atoms with Gasteiger partial charge in [-0.25, -0.2) is 0 Å². The predicted molar refractivity (Wildman–Crippen MR) is 55.4 cm³/mol. The molecule has 0 saturated carbocycles. The lowest BCUT2D eigenvalue weighted by atomic mass is 10.2. The van der Waals surface area contributed by atoms with Gasteiger partial charge >= 0.3 is 0 Å². The van der Waals surface area contributed by atoms with Gasteiger partial charge in [0.05, 0.1) is 5.52 Å². The summed E-state index contributed by atoms with van der Waals surface area (Å²) < 4.78 is 0. The van der Waals surface area contributed by atoms with E-state index in [-0.39, 0.29) is 0 Å². The van der Waals surface area contributed by atoms with Crippen molar-refractivity contribution in [1.82, 2.24) is 10.2 Å². The number of rotatable bonds is 1. The van der Waals surface area contributed by atoms with Gasteiger partial charge in [-0.2, -0.15) is 5.10 Å². The van der Waals surface area contributed by atoms with E-state index in [0.717, 1.165) is 16.6 Å². The van der Waals surface area contributed by atoms with Gasteiger partial charge in [-0.1, -0.05) is 11.6 Å². The molecule has 1 aromatic carbocycles. The lowest BCUT2D eigenvalue weighted by molar-refractivity contribution is 1.12. The van der Waals surface area contributed by atoms with Crippen molar-refractivity contribution >= 4 is 28.2 Å². The zero-order chi connectivity index (χ0) is 9.42. The van der Waals surface area contributed by atoms with Crippen molar-refractivity contribution in [2.75, 3.05) is 19.0 Å². The van der Waals surface area contributed by atoms with Gasteiger partial charge in [-0.3, -0.25) is 5.10 Å². The van der Waals surface area contributed by atoms with E-state index in [1.807, 2.05) is 37.2 Å². The molecule has 1 heterocycles. The highest BCUT2D eigenvalue weighted by Crippen LogP contribution is 2.24. The van der Waals surface area contributed by atoms with Gasteiger partial charge in [0.15, 0.2) is 0 Å². The molecule has 0 aliphatic rings. The van der Waals surface area contributed by atoms with Crippen LogP contribution in [0.4, 0.5) is 5.69 Å². The molecule has 2 rings (SSSR count). The maximum Gasteiger partial charge on any atom is 0.132 e. The van der Waals surface area contributed by atoms with Crippen LogP contribution in [0.25, 0.3) is 10.9 Å². The highest BCUT2D eigenvalue weighted by molar-refractivity contribution is 6.34. The van der Waals surface area contributed by atoms with Gasteiger partial charge in [0.1, 0.15) is 5.15 Å². The van der Waals surface area contributed by atoms with E-state index < -0.39 is 0 Å². The summed E-state index contributed by atoms with van der Waals surface area (Å²) in [6, 6.07) is 5.98. The molecule has 0 amide bonds. The molecule has 0 saturated heterocycles. The van der Waals surface area contributed by atoms with Crippen LogP contribution in [-0.4, -0.2) is 24.3 Å². The molecule has 0 radical (unpaired) electrons. The fourth-order valence-corrected chi connectivity index (χ4v) is 1.44. The van der Waals surface area contributed by atoms with Crippen molar-refractivity contribution in [3.63, 3.8) is 0 Å². The number of benzene rings is 1. The molecule has 0 unspecified atom stereocenters. The second-order valence-corrected chi connectivity index (χ2v) is 3.51. The van der Waals surface area contributed by atoms with E-state index in [9.17, 15) is 0 Å². The number of nitrogens with zero attached hydrogens (tertiary/aromatic N) is 2. The van der Waals surface area contributed by atoms with Crippen LogP contribution < -0.4 is 4.90 Å². The number of fused-ring (bicyclic) bond motifs is 1. The summed E-state index contributed by atoms with van der Waals surface area (Å²) in [6.45, 7) is 0. The van der Waals surface area contributed by atoms with Gasteiger partial charge in [-0.05, 0) is 18.2 Å². The van der Waals surface area contributed by atoms with E-state index >= 15 is 0 Å². The molecular weight excluding hydrogens is 186 g/mol. The van der Waals surface area contributed by atoms with E-state index in [2.05, 4.69) is 10.2 Å². The number of anilines is 1. The summed E-state index contributed by atoms with van der Waals surface area (Å²) in [7, 11) is 3.99. The van der Waals surface area contributed by atoms with Crippen LogP contribution in [0.2, 0.25) is 5.15 Å². The Balaban J connectivity index is 2.66. The van der Waals surface area contributed by atoms with Crippen molar-refractivity contribution in [3.05, 3.63) is 23.4 Å². The minimum Gasteiger partial charge on any atom is -0.378 e. The lowest BCUT2D eigenvalue weighted by Gasteiger charge is -2.11. The maximum absolute atomic E-state index is 5.91. The summed E-state index contributed by atoms with van der Waals surface area (Å²) >= 11 is 5.91. The standard InChI is InChI=1S/C9H10ClN3/c1-13(2)6-3-4-8-7(5-6)9(10)12-11-8/h3-5H,1-2H3,(H,11,12). The minimum atomic E-state index is 0.596. The third kappa shape index (κ3) is 1.35. The topological polar surface area (TPSA) is 31.9 Å². The minimum absolute atomic E-state index is 0.596. The summed E-state index contributed by atoms with van der Waals surface area (Å²) in [5.41, 5.74) is 2.02. The molecule has 1 aromatic heterocycles. The van der Waals surface area contributed by atoms with E-state index in [4.69, 9.17) is 11.6 Å². The van der Waals surface area contributed by atoms with E-state index in [1.165, 1.54) is 0 Å². The maximum atomic E-state index is 5.91. The zero-order valence-electron chi connectivity index (χ0n) is 7.50. The van der Waals surface area contributed by atoms with E-state index in [1.54, 1.807) is 0 Å². The number of aromatic amines is 1. The molecule has 3 nitrogen and oxygen atoms in total. The van der Waals surface area contributed by atoms with Crippen molar-refractivity contribution in [3.8, 4) is 0 Å². The molecule has 1 N–H and O–H groups in total. The molecular formula is C9H10ClN3. The number of nitrogens with one attached hydrogen (secondary N) is 1. The van der Waals surface area contributed by atoms with Crippen LogP contribution in [0.3, 0.4) is 0 Å². The molecule has 0 fully saturated rings. The Bertz CT molecular complexity index is 433. The molecule has 0 atom stereocenters. The van der Waals surface area contributed by atoms with Crippen LogP contribution in [0.15, 0.2) is 18.2 Å². The lowest BCUT2D eigenvalue weighted by Crippen LogP contribution is -2.07. The van der Waals surface area contributed by atoms with Gasteiger partial charge in [-0.15, -0.1) is 0 Å². The second kappa shape index (κ2) is 2.92. The first kappa shape index (κ1) is 8.38. The van der Waals surface area contributed by atoms with Gasteiger partial charge in [0, 0.05) is 25.2 Å². The first-order valence-corrected chi connectivity index (χ1v) is 4.37. The molecule has 0 spiro atoms. The van der Waals surface area contributed by atoms with Crippen molar-refractivity contribution in [1.29, 1.82) is 0 Å². The molecule has 13 heavy (non-hydrogen) atoms. The van der Waals surface area contributed by atoms with Crippen molar-refractivity contribution in [2.24, 2.45) is 0 Å². The highest BCUT2D eigenvalue weighted by atomic mass is 35.5. The van der Waals surface area contributed by atoms with Crippen LogP contribution in [0.1, 0.15) is 0 Å². The Labute approximate surface area is 81.3 Å². The second-order valence-electron chi connectivity index (χ2n) is 3.13. The van der Waals surface area contributed by atoms with Crippen LogP contribution in [0, 0.1) is 0 Å². The van der Waals surface area contributed by atoms with Gasteiger partial charge in [0.2, 0.25) is 0 Å². The average molecular weight is 196 g/mol. The van der Waals surface area contributed by atoms with Crippen LogP contribution in [0.5, 0.6) is 0 Å². The summed E-state index contributed by atoms with van der Waals surface area (Å²) in [4.78, 5) is 2.03. The Morgan fingerprint density at radius 2 is 2.15 bits per heavy atom. The Morgan fingerprint density at radius 1 is 1.38 bits per heavy atom. The fraction of sp³-hybridized carbons (Fsp3) is 0.222. The van der Waals surface area contributed by atoms with Gasteiger partial charge < -0.3 is 4.90 Å². The quantitative estimate of drug-likeness (QED) is 0.757. The summed E-state index contributed by atoms with van der Waals surface area (Å²) in [5.74, 6) is 0. The molecule has 2 aromatic rings. The number of H-pyrrole nitrogens is 1. The molecule has 68 valence electrons. The zero-order valence-corrected chi connectivity index (χ0v) is 8.26. The highest BCUT2D eigenvalue weighted by Gasteiger charge is 2.04. The summed E-state index contributed by atoms with van der Waals surface area (Å²) in [6.07, 6.45) is 0. The van der Waals surface area contributed by atoms with Crippen LogP contribution >= 0.6 is 11.6 Å². The van der Waals surface area contributed by atoms with E-state index in [0.29, 0.717) is 5.15 Å². The van der Waals surface area contributed by atoms with Crippen LogP contribution in [-0.2, 0) is 0 Å². The number of hydrogen-bond donors (Lipinski definition) is 1. The van der Waals surface area contributed by atoms with Crippen molar-refractivity contribution < 1.29 is 0 Å². The number of aromatic nitrogens is 2. The largest absolute Gasteiger partial charge is 0.378 e. The predicted octanol–water partition coefficient (Wildman–Crippen LogP) is 2.28. The fourth-order valence-electron chi connectivity index (χ4n) is 1.25. The monoisotopic (exact) mass is 195 g/mol. The Kier molecular flexibility index (Phi) is 1.88. The Hall–Kier alpha value is -1.22. The van der Waals surface area contributed by atoms with Gasteiger partial charge in [0.25, 0.3) is 0 Å². The smallest absolute Gasteiger partial charge is 0.132 e. The first-order valence-electron chi connectivity index (χ1n) is 3.99. The third-order valence-electron chi connectivity index (χ3n) is 2.01. The number of hydrogen-bond acceptors (Lipinski definition) is 2.